The van der Waals surface area contributed by atoms with Gasteiger partial charge in [-0.05, 0) is 11.8 Å². The maximum Gasteiger partial charge on any atom is 0.303 e. The van der Waals surface area contributed by atoms with Crippen molar-refractivity contribution in [1.82, 2.24) is 0 Å². The Morgan fingerprint density at radius 1 is 0.786 bits per heavy atom. The summed E-state index contributed by atoms with van der Waals surface area (Å²) in [6.45, 7) is 10.4. The van der Waals surface area contributed by atoms with Gasteiger partial charge in [-0.1, -0.05) is 20.8 Å². The van der Waals surface area contributed by atoms with Crippen LogP contribution in [0.25, 0.3) is 0 Å². The van der Waals surface area contributed by atoms with E-state index in [2.05, 4.69) is 0 Å². The molecule has 0 radical (unpaired) electrons. The first-order valence-electron chi connectivity index (χ1n) is 9.19. The number of carbonyl (C=O) groups is 4. The summed E-state index contributed by atoms with van der Waals surface area (Å²) in [4.78, 5) is 46.4. The summed E-state index contributed by atoms with van der Waals surface area (Å²) in [5, 5.41) is 0. The molecule has 0 bridgehead atoms. The van der Waals surface area contributed by atoms with E-state index in [-0.39, 0.29) is 6.61 Å². The number of carbonyl (C=O) groups excluding carboxylic acids is 4. The largest absolute Gasteiger partial charge is 0.463 e. The molecule has 28 heavy (non-hydrogen) atoms. The van der Waals surface area contributed by atoms with Crippen molar-refractivity contribution in [2.75, 3.05) is 6.61 Å². The SMILES string of the molecule is CCC(C)(C)[C@@H]1OC(COC(C)=O)C(OC(C)=O)C(OC(C)=O)C1OC(C)=O. The van der Waals surface area contributed by atoms with Crippen LogP contribution in [0.4, 0.5) is 0 Å². The van der Waals surface area contributed by atoms with Crippen molar-refractivity contribution in [1.29, 1.82) is 0 Å². The number of ether oxygens (including phenoxy) is 5. The van der Waals surface area contributed by atoms with Crippen LogP contribution in [-0.4, -0.2) is 61.0 Å². The summed E-state index contributed by atoms with van der Waals surface area (Å²) in [7, 11) is 0. The van der Waals surface area contributed by atoms with Crippen molar-refractivity contribution in [3.63, 3.8) is 0 Å². The third kappa shape index (κ3) is 6.47. The van der Waals surface area contributed by atoms with Crippen LogP contribution in [0.5, 0.6) is 0 Å². The molecule has 4 unspecified atom stereocenters. The fourth-order valence-electron chi connectivity index (χ4n) is 3.06. The van der Waals surface area contributed by atoms with E-state index in [0.29, 0.717) is 6.42 Å². The van der Waals surface area contributed by atoms with E-state index in [4.69, 9.17) is 23.7 Å². The third-order valence-corrected chi connectivity index (χ3v) is 4.67. The Labute approximate surface area is 165 Å². The topological polar surface area (TPSA) is 114 Å². The summed E-state index contributed by atoms with van der Waals surface area (Å²) in [6.07, 6.45) is -4.18. The van der Waals surface area contributed by atoms with Gasteiger partial charge in [0.2, 0.25) is 0 Å². The van der Waals surface area contributed by atoms with Crippen molar-refractivity contribution in [2.45, 2.75) is 85.4 Å². The van der Waals surface area contributed by atoms with Gasteiger partial charge in [0.1, 0.15) is 18.8 Å². The quantitative estimate of drug-likeness (QED) is 0.462. The van der Waals surface area contributed by atoms with Gasteiger partial charge >= 0.3 is 23.9 Å². The minimum atomic E-state index is -1.12. The molecule has 0 aliphatic carbocycles. The zero-order valence-corrected chi connectivity index (χ0v) is 17.5. The summed E-state index contributed by atoms with van der Waals surface area (Å²) < 4.78 is 27.4. The summed E-state index contributed by atoms with van der Waals surface area (Å²) in [6, 6.07) is 0. The molecule has 1 rings (SSSR count). The second-order valence-corrected chi connectivity index (χ2v) is 7.46. The van der Waals surface area contributed by atoms with E-state index in [1.54, 1.807) is 0 Å². The van der Waals surface area contributed by atoms with Crippen LogP contribution in [0.2, 0.25) is 0 Å². The predicted molar refractivity (Wildman–Crippen MR) is 96.0 cm³/mol. The summed E-state index contributed by atoms with van der Waals surface area (Å²) in [5.41, 5.74) is -0.492. The molecular formula is C19H30O9. The lowest BCUT2D eigenvalue weighted by atomic mass is 9.76. The molecule has 0 aromatic heterocycles. The highest BCUT2D eigenvalue weighted by Gasteiger charge is 2.55. The minimum absolute atomic E-state index is 0.214. The van der Waals surface area contributed by atoms with Crippen molar-refractivity contribution in [3.8, 4) is 0 Å². The molecular weight excluding hydrogens is 372 g/mol. The maximum atomic E-state index is 11.7. The number of esters is 4. The van der Waals surface area contributed by atoms with Crippen LogP contribution in [0.15, 0.2) is 0 Å². The van der Waals surface area contributed by atoms with Gasteiger partial charge in [-0.25, -0.2) is 0 Å². The highest BCUT2D eigenvalue weighted by molar-refractivity contribution is 5.68. The van der Waals surface area contributed by atoms with E-state index in [1.165, 1.54) is 27.7 Å². The van der Waals surface area contributed by atoms with Gasteiger partial charge in [0, 0.05) is 27.7 Å². The molecule has 0 aromatic carbocycles. The van der Waals surface area contributed by atoms with Crippen LogP contribution in [-0.2, 0) is 42.9 Å². The lowest BCUT2D eigenvalue weighted by Crippen LogP contribution is -2.65. The number of hydrogen-bond donors (Lipinski definition) is 0. The standard InChI is InChI=1S/C19H30O9/c1-8-19(6,7)18-17(27-13(5)23)16(26-12(4)22)15(25-11(3)21)14(28-18)9-24-10(2)20/h14-18H,8-9H2,1-7H3/t14?,15?,16?,17?,18-/m1/s1. The molecule has 0 amide bonds. The van der Waals surface area contributed by atoms with Crippen LogP contribution in [0, 0.1) is 5.41 Å². The predicted octanol–water partition coefficient (Wildman–Crippen LogP) is 1.55. The maximum absolute atomic E-state index is 11.7. The van der Waals surface area contributed by atoms with Crippen molar-refractivity contribution in [3.05, 3.63) is 0 Å². The Balaban J connectivity index is 3.41. The normalized spacial score (nSPS) is 27.5. The molecule has 0 aromatic rings. The van der Waals surface area contributed by atoms with Gasteiger partial charge in [-0.2, -0.15) is 0 Å². The first-order valence-corrected chi connectivity index (χ1v) is 9.19. The first-order chi connectivity index (χ1) is 12.9. The van der Waals surface area contributed by atoms with Crippen molar-refractivity contribution >= 4 is 23.9 Å². The van der Waals surface area contributed by atoms with Gasteiger partial charge in [-0.3, -0.25) is 19.2 Å². The molecule has 1 aliphatic rings. The van der Waals surface area contributed by atoms with Crippen LogP contribution >= 0.6 is 0 Å². The molecule has 0 spiro atoms. The Morgan fingerprint density at radius 3 is 1.68 bits per heavy atom. The fraction of sp³-hybridized carbons (Fsp3) is 0.789. The second kappa shape index (κ2) is 9.86. The summed E-state index contributed by atoms with van der Waals surface area (Å²) >= 11 is 0. The van der Waals surface area contributed by atoms with Crippen LogP contribution in [0.1, 0.15) is 54.9 Å². The van der Waals surface area contributed by atoms with Crippen molar-refractivity contribution in [2.24, 2.45) is 5.41 Å². The zero-order valence-electron chi connectivity index (χ0n) is 17.5. The van der Waals surface area contributed by atoms with E-state index < -0.39 is 59.8 Å². The second-order valence-electron chi connectivity index (χ2n) is 7.46. The lowest BCUT2D eigenvalue weighted by Gasteiger charge is -2.49. The molecule has 1 heterocycles. The Hall–Kier alpha value is -2.16. The van der Waals surface area contributed by atoms with E-state index in [1.807, 2.05) is 20.8 Å². The molecule has 0 N–H and O–H groups in total. The molecule has 1 saturated heterocycles. The van der Waals surface area contributed by atoms with Crippen LogP contribution < -0.4 is 0 Å². The van der Waals surface area contributed by atoms with Gasteiger partial charge < -0.3 is 23.7 Å². The monoisotopic (exact) mass is 402 g/mol. The van der Waals surface area contributed by atoms with E-state index in [0.717, 1.165) is 0 Å². The highest BCUT2D eigenvalue weighted by atomic mass is 16.7. The molecule has 5 atom stereocenters. The van der Waals surface area contributed by atoms with Crippen LogP contribution in [0.3, 0.4) is 0 Å². The van der Waals surface area contributed by atoms with Gasteiger partial charge in [0.15, 0.2) is 18.3 Å². The van der Waals surface area contributed by atoms with Gasteiger partial charge in [0.05, 0.1) is 0 Å². The van der Waals surface area contributed by atoms with Gasteiger partial charge in [-0.15, -0.1) is 0 Å². The Bertz CT molecular complexity index is 598. The van der Waals surface area contributed by atoms with Crippen molar-refractivity contribution < 1.29 is 42.9 Å². The molecule has 1 fully saturated rings. The number of rotatable bonds is 7. The molecule has 1 aliphatic heterocycles. The smallest absolute Gasteiger partial charge is 0.303 e. The van der Waals surface area contributed by atoms with E-state index >= 15 is 0 Å². The third-order valence-electron chi connectivity index (χ3n) is 4.67. The van der Waals surface area contributed by atoms with Gasteiger partial charge in [0.25, 0.3) is 0 Å². The highest BCUT2D eigenvalue weighted by Crippen LogP contribution is 2.39. The zero-order chi connectivity index (χ0) is 21.6. The first kappa shape index (κ1) is 23.9. The molecule has 9 heteroatoms. The average molecular weight is 402 g/mol. The van der Waals surface area contributed by atoms with E-state index in [9.17, 15) is 19.2 Å². The summed E-state index contributed by atoms with van der Waals surface area (Å²) in [5.74, 6) is -2.42. The molecule has 160 valence electrons. The number of hydrogen-bond acceptors (Lipinski definition) is 9. The Kier molecular flexibility index (Phi) is 8.41. The molecule has 0 saturated carbocycles. The average Bonchev–Trinajstić information content (AvgIpc) is 2.55. The Morgan fingerprint density at radius 2 is 1.25 bits per heavy atom. The molecule has 9 nitrogen and oxygen atoms in total. The minimum Gasteiger partial charge on any atom is -0.463 e. The lowest BCUT2D eigenvalue weighted by molar-refractivity contribution is -0.269. The fourth-order valence-corrected chi connectivity index (χ4v) is 3.06.